The Kier molecular flexibility index (Phi) is 2.48. The summed E-state index contributed by atoms with van der Waals surface area (Å²) in [5, 5.41) is 7.68. The van der Waals surface area contributed by atoms with Crippen LogP contribution in [0.3, 0.4) is 0 Å². The van der Waals surface area contributed by atoms with Crippen LogP contribution in [-0.4, -0.2) is 20.0 Å². The first kappa shape index (κ1) is 11.6. The van der Waals surface area contributed by atoms with Crippen LogP contribution in [0.4, 0.5) is 13.2 Å². The van der Waals surface area contributed by atoms with Gasteiger partial charge in [-0.3, -0.25) is 0 Å². The SMILES string of the molecule is FC(F)(F)c1cccc(-n2nnc3cccnc32)c1. The van der Waals surface area contributed by atoms with Gasteiger partial charge in [-0.1, -0.05) is 11.3 Å². The molecule has 0 aliphatic rings. The predicted molar refractivity (Wildman–Crippen MR) is 61.7 cm³/mol. The molecule has 0 spiro atoms. The molecule has 0 bridgehead atoms. The van der Waals surface area contributed by atoms with Gasteiger partial charge in [0, 0.05) is 6.20 Å². The lowest BCUT2D eigenvalue weighted by molar-refractivity contribution is -0.137. The molecule has 0 amide bonds. The molecule has 2 heterocycles. The van der Waals surface area contributed by atoms with E-state index in [4.69, 9.17) is 0 Å². The lowest BCUT2D eigenvalue weighted by Crippen LogP contribution is -2.06. The highest BCUT2D eigenvalue weighted by molar-refractivity contribution is 5.71. The minimum absolute atomic E-state index is 0.274. The van der Waals surface area contributed by atoms with Crippen LogP contribution in [0.2, 0.25) is 0 Å². The van der Waals surface area contributed by atoms with Gasteiger partial charge in [-0.05, 0) is 30.3 Å². The second kappa shape index (κ2) is 4.04. The summed E-state index contributed by atoms with van der Waals surface area (Å²) in [6, 6.07) is 8.26. The van der Waals surface area contributed by atoms with Crippen molar-refractivity contribution in [2.75, 3.05) is 0 Å². The van der Waals surface area contributed by atoms with E-state index in [2.05, 4.69) is 15.3 Å². The van der Waals surface area contributed by atoms with E-state index in [1.165, 1.54) is 23.0 Å². The van der Waals surface area contributed by atoms with Crippen molar-refractivity contribution >= 4 is 11.2 Å². The molecule has 0 radical (unpaired) electrons. The van der Waals surface area contributed by atoms with E-state index in [9.17, 15) is 13.2 Å². The number of fused-ring (bicyclic) bond motifs is 1. The summed E-state index contributed by atoms with van der Waals surface area (Å²) in [5.74, 6) is 0. The summed E-state index contributed by atoms with van der Waals surface area (Å²) in [6.07, 6.45) is -2.85. The number of nitrogens with zero attached hydrogens (tertiary/aromatic N) is 4. The Morgan fingerprint density at radius 2 is 1.89 bits per heavy atom. The highest BCUT2D eigenvalue weighted by Crippen LogP contribution is 2.30. The van der Waals surface area contributed by atoms with Crippen LogP contribution in [0.5, 0.6) is 0 Å². The summed E-state index contributed by atoms with van der Waals surface area (Å²) < 4.78 is 39.3. The van der Waals surface area contributed by atoms with Crippen molar-refractivity contribution in [2.45, 2.75) is 6.18 Å². The van der Waals surface area contributed by atoms with Crippen LogP contribution in [0.15, 0.2) is 42.6 Å². The van der Waals surface area contributed by atoms with E-state index in [1.807, 2.05) is 0 Å². The summed E-state index contributed by atoms with van der Waals surface area (Å²) in [7, 11) is 0. The average molecular weight is 264 g/mol. The van der Waals surface area contributed by atoms with Gasteiger partial charge < -0.3 is 0 Å². The molecule has 3 aromatic rings. The van der Waals surface area contributed by atoms with Gasteiger partial charge in [0.05, 0.1) is 11.3 Å². The first-order valence-corrected chi connectivity index (χ1v) is 5.40. The largest absolute Gasteiger partial charge is 0.416 e. The second-order valence-electron chi connectivity index (χ2n) is 3.90. The Labute approximate surface area is 105 Å². The Balaban J connectivity index is 2.17. The van der Waals surface area contributed by atoms with Crippen molar-refractivity contribution in [1.29, 1.82) is 0 Å². The number of alkyl halides is 3. The molecule has 0 saturated carbocycles. The molecule has 2 aromatic heterocycles. The van der Waals surface area contributed by atoms with Gasteiger partial charge in [-0.25, -0.2) is 4.98 Å². The number of pyridine rings is 1. The van der Waals surface area contributed by atoms with Crippen LogP contribution in [0.25, 0.3) is 16.9 Å². The van der Waals surface area contributed by atoms with Crippen LogP contribution in [-0.2, 0) is 6.18 Å². The first-order valence-electron chi connectivity index (χ1n) is 5.40. The lowest BCUT2D eigenvalue weighted by Gasteiger charge is -2.08. The van der Waals surface area contributed by atoms with Crippen molar-refractivity contribution in [3.05, 3.63) is 48.2 Å². The zero-order chi connectivity index (χ0) is 13.5. The van der Waals surface area contributed by atoms with Crippen molar-refractivity contribution in [1.82, 2.24) is 20.0 Å². The van der Waals surface area contributed by atoms with E-state index >= 15 is 0 Å². The van der Waals surface area contributed by atoms with Gasteiger partial charge in [0.2, 0.25) is 0 Å². The standard InChI is InChI=1S/C12H7F3N4/c13-12(14,15)8-3-1-4-9(7-8)19-11-10(17-18-19)5-2-6-16-11/h1-7H. The molecule has 0 N–H and O–H groups in total. The quantitative estimate of drug-likeness (QED) is 0.678. The summed E-state index contributed by atoms with van der Waals surface area (Å²) in [6.45, 7) is 0. The third-order valence-corrected chi connectivity index (χ3v) is 2.63. The molecule has 0 aliphatic heterocycles. The van der Waals surface area contributed by atoms with Gasteiger partial charge in [0.15, 0.2) is 5.65 Å². The lowest BCUT2D eigenvalue weighted by atomic mass is 10.2. The minimum atomic E-state index is -4.39. The third-order valence-electron chi connectivity index (χ3n) is 2.63. The van der Waals surface area contributed by atoms with Crippen LogP contribution < -0.4 is 0 Å². The maximum absolute atomic E-state index is 12.7. The van der Waals surface area contributed by atoms with E-state index in [-0.39, 0.29) is 5.69 Å². The van der Waals surface area contributed by atoms with E-state index in [1.54, 1.807) is 12.1 Å². The topological polar surface area (TPSA) is 43.6 Å². The molecule has 19 heavy (non-hydrogen) atoms. The second-order valence-corrected chi connectivity index (χ2v) is 3.90. The molecule has 0 saturated heterocycles. The number of aromatic nitrogens is 4. The number of halogens is 3. The minimum Gasteiger partial charge on any atom is -0.235 e. The van der Waals surface area contributed by atoms with Gasteiger partial charge in [-0.2, -0.15) is 17.9 Å². The first-order chi connectivity index (χ1) is 9.05. The molecular weight excluding hydrogens is 257 g/mol. The molecule has 0 unspecified atom stereocenters. The van der Waals surface area contributed by atoms with Crippen LogP contribution in [0.1, 0.15) is 5.56 Å². The van der Waals surface area contributed by atoms with Gasteiger partial charge >= 0.3 is 6.18 Å². The monoisotopic (exact) mass is 264 g/mol. The molecule has 3 rings (SSSR count). The van der Waals surface area contributed by atoms with Crippen LogP contribution >= 0.6 is 0 Å². The molecule has 96 valence electrons. The summed E-state index contributed by atoms with van der Waals surface area (Å²) >= 11 is 0. The summed E-state index contributed by atoms with van der Waals surface area (Å²) in [4.78, 5) is 4.07. The summed E-state index contributed by atoms with van der Waals surface area (Å²) in [5.41, 5.74) is 0.488. The molecule has 4 nitrogen and oxygen atoms in total. The Bertz CT molecular complexity index is 733. The normalized spacial score (nSPS) is 11.9. The number of hydrogen-bond donors (Lipinski definition) is 0. The molecule has 0 fully saturated rings. The molecule has 0 aliphatic carbocycles. The van der Waals surface area contributed by atoms with Crippen LogP contribution in [0, 0.1) is 0 Å². The van der Waals surface area contributed by atoms with E-state index in [0.717, 1.165) is 12.1 Å². The molecule has 0 atom stereocenters. The Morgan fingerprint density at radius 3 is 2.68 bits per heavy atom. The maximum Gasteiger partial charge on any atom is 0.416 e. The van der Waals surface area contributed by atoms with E-state index < -0.39 is 11.7 Å². The Hall–Kier alpha value is -2.44. The van der Waals surface area contributed by atoms with Crippen molar-refractivity contribution < 1.29 is 13.2 Å². The molecule has 7 heteroatoms. The fourth-order valence-corrected chi connectivity index (χ4v) is 1.75. The molecular formula is C12H7F3N4. The number of rotatable bonds is 1. The van der Waals surface area contributed by atoms with Crippen molar-refractivity contribution in [2.24, 2.45) is 0 Å². The smallest absolute Gasteiger partial charge is 0.235 e. The van der Waals surface area contributed by atoms with E-state index in [0.29, 0.717) is 11.2 Å². The van der Waals surface area contributed by atoms with Crippen molar-refractivity contribution in [3.8, 4) is 5.69 Å². The average Bonchev–Trinajstić information content (AvgIpc) is 2.82. The van der Waals surface area contributed by atoms with Gasteiger partial charge in [0.1, 0.15) is 5.52 Å². The molecule has 1 aromatic carbocycles. The fourth-order valence-electron chi connectivity index (χ4n) is 1.75. The van der Waals surface area contributed by atoms with Crippen molar-refractivity contribution in [3.63, 3.8) is 0 Å². The highest BCUT2D eigenvalue weighted by Gasteiger charge is 2.30. The fraction of sp³-hybridized carbons (Fsp3) is 0.0833. The number of hydrogen-bond acceptors (Lipinski definition) is 3. The Morgan fingerprint density at radius 1 is 1.05 bits per heavy atom. The maximum atomic E-state index is 12.7. The number of benzene rings is 1. The van der Waals surface area contributed by atoms with Gasteiger partial charge in [0.25, 0.3) is 0 Å². The third kappa shape index (κ3) is 2.03. The van der Waals surface area contributed by atoms with Gasteiger partial charge in [-0.15, -0.1) is 5.10 Å². The zero-order valence-electron chi connectivity index (χ0n) is 9.46. The highest BCUT2D eigenvalue weighted by atomic mass is 19.4. The zero-order valence-corrected chi connectivity index (χ0v) is 9.46. The predicted octanol–water partition coefficient (Wildman–Crippen LogP) is 2.83.